The van der Waals surface area contributed by atoms with Gasteiger partial charge in [-0.25, -0.2) is 9.13 Å². The zero-order valence-corrected chi connectivity index (χ0v) is 15.0. The first kappa shape index (κ1) is 17.9. The van der Waals surface area contributed by atoms with E-state index in [0.717, 1.165) is 37.4 Å². The van der Waals surface area contributed by atoms with E-state index >= 15 is 0 Å². The summed E-state index contributed by atoms with van der Waals surface area (Å²) in [6.07, 6.45) is 10.2. The second-order valence-electron chi connectivity index (χ2n) is 6.10. The van der Waals surface area contributed by atoms with Gasteiger partial charge in [-0.3, -0.25) is 0 Å². The van der Waals surface area contributed by atoms with Crippen LogP contribution in [0, 0.1) is 0 Å². The number of aromatic nitrogens is 2. The van der Waals surface area contributed by atoms with Gasteiger partial charge in [-0.15, -0.1) is 0 Å². The standard InChI is InChI=1S/C22H26N2O2/c1-3-13-23(14-4-1)17-7-19-25-21-9-11-22(12-10-21)26-20-8-18-24-15-5-2-6-16-24/h1-6,9-16H,7-8,17-20H2/q+2. The first-order valence-corrected chi connectivity index (χ1v) is 9.14. The van der Waals surface area contributed by atoms with Gasteiger partial charge in [0.05, 0.1) is 13.2 Å². The fourth-order valence-electron chi connectivity index (χ4n) is 2.67. The molecule has 0 atom stereocenters. The van der Waals surface area contributed by atoms with E-state index in [4.69, 9.17) is 9.47 Å². The molecule has 0 saturated carbocycles. The predicted molar refractivity (Wildman–Crippen MR) is 99.9 cm³/mol. The molecule has 3 aromatic rings. The van der Waals surface area contributed by atoms with Gasteiger partial charge in [0.25, 0.3) is 0 Å². The van der Waals surface area contributed by atoms with Crippen LogP contribution in [-0.4, -0.2) is 13.2 Å². The molecule has 0 bridgehead atoms. The Morgan fingerprint density at radius 1 is 0.538 bits per heavy atom. The molecule has 0 N–H and O–H groups in total. The van der Waals surface area contributed by atoms with Crippen molar-refractivity contribution in [2.45, 2.75) is 25.9 Å². The summed E-state index contributed by atoms with van der Waals surface area (Å²) in [5.74, 6) is 1.77. The molecule has 0 spiro atoms. The summed E-state index contributed by atoms with van der Waals surface area (Å²) in [4.78, 5) is 0. The van der Waals surface area contributed by atoms with Crippen molar-refractivity contribution in [3.05, 3.63) is 85.5 Å². The third-order valence-corrected chi connectivity index (χ3v) is 4.04. The number of rotatable bonds is 10. The summed E-state index contributed by atoms with van der Waals surface area (Å²) < 4.78 is 15.9. The largest absolute Gasteiger partial charge is 0.493 e. The van der Waals surface area contributed by atoms with Crippen LogP contribution >= 0.6 is 0 Å². The van der Waals surface area contributed by atoms with E-state index in [0.29, 0.717) is 13.2 Å². The maximum absolute atomic E-state index is 5.79. The number of aryl methyl sites for hydroxylation is 2. The van der Waals surface area contributed by atoms with Crippen LogP contribution in [0.3, 0.4) is 0 Å². The quantitative estimate of drug-likeness (QED) is 0.415. The molecule has 134 valence electrons. The zero-order valence-electron chi connectivity index (χ0n) is 15.0. The molecule has 0 unspecified atom stereocenters. The molecule has 2 aromatic heterocycles. The van der Waals surface area contributed by atoms with Crippen molar-refractivity contribution in [3.8, 4) is 11.5 Å². The van der Waals surface area contributed by atoms with Crippen LogP contribution in [0.25, 0.3) is 0 Å². The average Bonchev–Trinajstić information content (AvgIpc) is 2.71. The predicted octanol–water partition coefficient (Wildman–Crippen LogP) is 3.20. The maximum Gasteiger partial charge on any atom is 0.168 e. The number of ether oxygens (including phenoxy) is 2. The fourth-order valence-corrected chi connectivity index (χ4v) is 2.67. The minimum atomic E-state index is 0.705. The zero-order chi connectivity index (χ0) is 17.9. The van der Waals surface area contributed by atoms with E-state index in [9.17, 15) is 0 Å². The van der Waals surface area contributed by atoms with Gasteiger partial charge >= 0.3 is 0 Å². The number of benzene rings is 1. The van der Waals surface area contributed by atoms with Crippen LogP contribution < -0.4 is 18.6 Å². The SMILES string of the molecule is c1cc[n+](CCCOc2ccc(OCCC[n+]3ccccc3)cc2)cc1. The molecule has 0 aliphatic rings. The monoisotopic (exact) mass is 350 g/mol. The van der Waals surface area contributed by atoms with Crippen LogP contribution in [0.4, 0.5) is 0 Å². The van der Waals surface area contributed by atoms with Crippen molar-refractivity contribution in [2.24, 2.45) is 0 Å². The second kappa shape index (κ2) is 10.2. The third-order valence-electron chi connectivity index (χ3n) is 4.04. The van der Waals surface area contributed by atoms with Gasteiger partial charge in [0.2, 0.25) is 0 Å². The Bertz CT molecular complexity index is 680. The lowest BCUT2D eigenvalue weighted by Crippen LogP contribution is -2.33. The highest BCUT2D eigenvalue weighted by Crippen LogP contribution is 2.17. The smallest absolute Gasteiger partial charge is 0.168 e. The molecular formula is C22H26N2O2+2. The van der Waals surface area contributed by atoms with Crippen LogP contribution in [0.15, 0.2) is 85.5 Å². The van der Waals surface area contributed by atoms with E-state index in [2.05, 4.69) is 33.9 Å². The summed E-state index contributed by atoms with van der Waals surface area (Å²) in [5, 5.41) is 0. The number of hydrogen-bond acceptors (Lipinski definition) is 2. The Hall–Kier alpha value is -2.88. The normalized spacial score (nSPS) is 10.5. The van der Waals surface area contributed by atoms with Crippen molar-refractivity contribution >= 4 is 0 Å². The molecule has 1 aromatic carbocycles. The summed E-state index contributed by atoms with van der Waals surface area (Å²) in [7, 11) is 0. The number of pyridine rings is 2. The molecule has 0 amide bonds. The van der Waals surface area contributed by atoms with E-state index < -0.39 is 0 Å². The molecule has 26 heavy (non-hydrogen) atoms. The lowest BCUT2D eigenvalue weighted by molar-refractivity contribution is -0.697. The highest BCUT2D eigenvalue weighted by Gasteiger charge is 2.01. The van der Waals surface area contributed by atoms with E-state index in [1.165, 1.54) is 0 Å². The molecule has 3 rings (SSSR count). The summed E-state index contributed by atoms with van der Waals surface area (Å²) in [6.45, 7) is 3.33. The minimum absolute atomic E-state index is 0.705. The van der Waals surface area contributed by atoms with Gasteiger partial charge < -0.3 is 9.47 Å². The van der Waals surface area contributed by atoms with Crippen LogP contribution in [0.1, 0.15) is 12.8 Å². The highest BCUT2D eigenvalue weighted by atomic mass is 16.5. The van der Waals surface area contributed by atoms with Gasteiger partial charge in [0, 0.05) is 37.1 Å². The van der Waals surface area contributed by atoms with E-state index in [1.807, 2.05) is 60.7 Å². The first-order valence-electron chi connectivity index (χ1n) is 9.14. The molecule has 0 aliphatic heterocycles. The van der Waals surface area contributed by atoms with Crippen LogP contribution in [0.2, 0.25) is 0 Å². The Morgan fingerprint density at radius 2 is 0.923 bits per heavy atom. The molecule has 2 heterocycles. The molecule has 0 saturated heterocycles. The maximum atomic E-state index is 5.79. The number of nitrogens with zero attached hydrogens (tertiary/aromatic N) is 2. The summed E-state index contributed by atoms with van der Waals surface area (Å²) in [6, 6.07) is 20.1. The topological polar surface area (TPSA) is 26.2 Å². The van der Waals surface area contributed by atoms with Gasteiger partial charge in [-0.1, -0.05) is 12.1 Å². The summed E-state index contributed by atoms with van der Waals surface area (Å²) >= 11 is 0. The Labute approximate surface area is 155 Å². The van der Waals surface area contributed by atoms with Crippen molar-refractivity contribution in [3.63, 3.8) is 0 Å². The Kier molecular flexibility index (Phi) is 7.02. The average molecular weight is 350 g/mol. The molecule has 0 radical (unpaired) electrons. The van der Waals surface area contributed by atoms with E-state index in [1.54, 1.807) is 0 Å². The highest BCUT2D eigenvalue weighted by molar-refractivity contribution is 5.31. The van der Waals surface area contributed by atoms with Gasteiger partial charge in [-0.2, -0.15) is 0 Å². The van der Waals surface area contributed by atoms with Crippen molar-refractivity contribution in [1.29, 1.82) is 0 Å². The summed E-state index contributed by atoms with van der Waals surface area (Å²) in [5.41, 5.74) is 0. The minimum Gasteiger partial charge on any atom is -0.493 e. The third kappa shape index (κ3) is 6.20. The molecule has 0 fully saturated rings. The second-order valence-corrected chi connectivity index (χ2v) is 6.10. The molecule has 0 aliphatic carbocycles. The fraction of sp³-hybridized carbons (Fsp3) is 0.273. The van der Waals surface area contributed by atoms with E-state index in [-0.39, 0.29) is 0 Å². The molecular weight excluding hydrogens is 324 g/mol. The lowest BCUT2D eigenvalue weighted by atomic mass is 10.3. The Morgan fingerprint density at radius 3 is 1.31 bits per heavy atom. The van der Waals surface area contributed by atoms with Gasteiger partial charge in [0.1, 0.15) is 11.5 Å². The van der Waals surface area contributed by atoms with Crippen molar-refractivity contribution < 1.29 is 18.6 Å². The Balaban J connectivity index is 1.31. The van der Waals surface area contributed by atoms with Crippen LogP contribution in [-0.2, 0) is 13.1 Å². The van der Waals surface area contributed by atoms with Crippen molar-refractivity contribution in [1.82, 2.24) is 0 Å². The van der Waals surface area contributed by atoms with Crippen LogP contribution in [0.5, 0.6) is 11.5 Å². The van der Waals surface area contributed by atoms with Crippen molar-refractivity contribution in [2.75, 3.05) is 13.2 Å². The first-order chi connectivity index (χ1) is 12.9. The lowest BCUT2D eigenvalue weighted by Gasteiger charge is -2.08. The van der Waals surface area contributed by atoms with Gasteiger partial charge in [-0.05, 0) is 24.3 Å². The van der Waals surface area contributed by atoms with Gasteiger partial charge in [0.15, 0.2) is 37.9 Å². The molecule has 4 nitrogen and oxygen atoms in total. The molecule has 4 heteroatoms. The number of hydrogen-bond donors (Lipinski definition) is 0.